The Balaban J connectivity index is 2.02. The first-order chi connectivity index (χ1) is 9.55. The van der Waals surface area contributed by atoms with Crippen LogP contribution in [0.3, 0.4) is 0 Å². The summed E-state index contributed by atoms with van der Waals surface area (Å²) in [4.78, 5) is 15.6. The van der Waals surface area contributed by atoms with Gasteiger partial charge in [-0.15, -0.1) is 0 Å². The predicted octanol–water partition coefficient (Wildman–Crippen LogP) is 2.65. The quantitative estimate of drug-likeness (QED) is 0.880. The molecule has 1 aliphatic rings. The maximum atomic E-state index is 11.6. The Morgan fingerprint density at radius 1 is 1.55 bits per heavy atom. The third kappa shape index (κ3) is 3.08. The summed E-state index contributed by atoms with van der Waals surface area (Å²) in [7, 11) is 0. The van der Waals surface area contributed by atoms with Gasteiger partial charge in [0.25, 0.3) is 0 Å². The summed E-state index contributed by atoms with van der Waals surface area (Å²) >= 11 is 0. The molecule has 1 aromatic rings. The molecule has 2 rings (SSSR count). The van der Waals surface area contributed by atoms with Gasteiger partial charge in [0.1, 0.15) is 11.8 Å². The molecule has 0 amide bonds. The smallest absolute Gasteiger partial charge is 0.311 e. The average Bonchev–Trinajstić information content (AvgIpc) is 2.47. The van der Waals surface area contributed by atoms with E-state index in [1.165, 1.54) is 0 Å². The van der Waals surface area contributed by atoms with Crippen molar-refractivity contribution in [3.8, 4) is 6.07 Å². The van der Waals surface area contributed by atoms with Crippen LogP contribution in [-0.4, -0.2) is 22.6 Å². The van der Waals surface area contributed by atoms with Gasteiger partial charge >= 0.3 is 5.97 Å². The fraction of sp³-hybridized carbons (Fsp3) is 0.533. The minimum Gasteiger partial charge on any atom is -0.481 e. The van der Waals surface area contributed by atoms with Crippen molar-refractivity contribution >= 4 is 11.7 Å². The minimum atomic E-state index is -0.724. The maximum Gasteiger partial charge on any atom is 0.311 e. The van der Waals surface area contributed by atoms with Crippen molar-refractivity contribution in [3.63, 3.8) is 0 Å². The van der Waals surface area contributed by atoms with Crippen molar-refractivity contribution in [2.75, 3.05) is 11.9 Å². The molecule has 0 unspecified atom stereocenters. The molecule has 0 spiro atoms. The van der Waals surface area contributed by atoms with Crippen LogP contribution in [0.5, 0.6) is 0 Å². The van der Waals surface area contributed by atoms with Crippen LogP contribution in [0.25, 0.3) is 0 Å². The Kier molecular flexibility index (Phi) is 4.23. The highest BCUT2D eigenvalue weighted by atomic mass is 16.4. The Bertz CT molecular complexity index is 511. The van der Waals surface area contributed by atoms with Crippen LogP contribution in [0.2, 0.25) is 0 Å². The lowest BCUT2D eigenvalue weighted by molar-refractivity contribution is -0.150. The second-order valence-electron chi connectivity index (χ2n) is 5.67. The van der Waals surface area contributed by atoms with Gasteiger partial charge in [-0.25, -0.2) is 4.98 Å². The number of carboxylic acid groups (broad SMARTS) is 1. The van der Waals surface area contributed by atoms with Crippen molar-refractivity contribution in [1.82, 2.24) is 4.98 Å². The van der Waals surface area contributed by atoms with E-state index < -0.39 is 11.4 Å². The highest BCUT2D eigenvalue weighted by Crippen LogP contribution is 2.39. The second kappa shape index (κ2) is 5.91. The number of nitrogens with zero attached hydrogens (tertiary/aromatic N) is 2. The summed E-state index contributed by atoms with van der Waals surface area (Å²) in [6.45, 7) is 2.58. The SMILES string of the molecule is CC1CCC(CNc2ccc(C#N)nc2)(C(=O)O)CC1. The molecular formula is C15H19N3O2. The van der Waals surface area contributed by atoms with Gasteiger partial charge in [0.05, 0.1) is 17.3 Å². The van der Waals surface area contributed by atoms with Gasteiger partial charge in [0, 0.05) is 6.54 Å². The molecule has 0 atom stereocenters. The summed E-state index contributed by atoms with van der Waals surface area (Å²) in [6, 6.07) is 5.34. The van der Waals surface area contributed by atoms with Crippen LogP contribution in [0.1, 0.15) is 38.3 Å². The van der Waals surface area contributed by atoms with Gasteiger partial charge in [-0.05, 0) is 43.7 Å². The molecule has 1 heterocycles. The largest absolute Gasteiger partial charge is 0.481 e. The number of nitrogens with one attached hydrogen (secondary N) is 1. The molecule has 0 radical (unpaired) electrons. The minimum absolute atomic E-state index is 0.356. The van der Waals surface area contributed by atoms with Crippen molar-refractivity contribution in [1.29, 1.82) is 5.26 Å². The molecule has 5 nitrogen and oxygen atoms in total. The molecule has 1 aromatic heterocycles. The number of nitriles is 1. The Labute approximate surface area is 118 Å². The van der Waals surface area contributed by atoms with E-state index in [-0.39, 0.29) is 0 Å². The average molecular weight is 273 g/mol. The van der Waals surface area contributed by atoms with Crippen LogP contribution in [0.15, 0.2) is 18.3 Å². The molecule has 1 saturated carbocycles. The van der Waals surface area contributed by atoms with E-state index in [1.54, 1.807) is 18.3 Å². The van der Waals surface area contributed by atoms with Gasteiger partial charge in [0.2, 0.25) is 0 Å². The number of rotatable bonds is 4. The van der Waals surface area contributed by atoms with E-state index in [1.807, 2.05) is 6.07 Å². The first kappa shape index (κ1) is 14.3. The molecule has 1 aliphatic carbocycles. The topological polar surface area (TPSA) is 86.0 Å². The molecular weight excluding hydrogens is 254 g/mol. The lowest BCUT2D eigenvalue weighted by Crippen LogP contribution is -2.41. The zero-order valence-electron chi connectivity index (χ0n) is 11.6. The van der Waals surface area contributed by atoms with E-state index in [0.29, 0.717) is 31.0 Å². The molecule has 0 bridgehead atoms. The van der Waals surface area contributed by atoms with E-state index in [9.17, 15) is 9.90 Å². The summed E-state index contributed by atoms with van der Waals surface area (Å²) in [5, 5.41) is 21.4. The van der Waals surface area contributed by atoms with Crippen molar-refractivity contribution in [2.24, 2.45) is 11.3 Å². The number of anilines is 1. The van der Waals surface area contributed by atoms with Crippen molar-refractivity contribution in [3.05, 3.63) is 24.0 Å². The third-order valence-electron chi connectivity index (χ3n) is 4.19. The van der Waals surface area contributed by atoms with Gasteiger partial charge in [-0.2, -0.15) is 5.26 Å². The molecule has 0 aliphatic heterocycles. The van der Waals surface area contributed by atoms with Gasteiger partial charge in [-0.3, -0.25) is 4.79 Å². The Hall–Kier alpha value is -2.09. The number of carbonyl (C=O) groups is 1. The van der Waals surface area contributed by atoms with Crippen molar-refractivity contribution < 1.29 is 9.90 Å². The number of carboxylic acids is 1. The highest BCUT2D eigenvalue weighted by molar-refractivity contribution is 5.75. The summed E-state index contributed by atoms with van der Waals surface area (Å²) < 4.78 is 0. The highest BCUT2D eigenvalue weighted by Gasteiger charge is 2.40. The van der Waals surface area contributed by atoms with E-state index in [4.69, 9.17) is 5.26 Å². The van der Waals surface area contributed by atoms with Gasteiger partial charge in [0.15, 0.2) is 0 Å². The predicted molar refractivity (Wildman–Crippen MR) is 75.1 cm³/mol. The number of hydrogen-bond acceptors (Lipinski definition) is 4. The zero-order valence-corrected chi connectivity index (χ0v) is 11.6. The third-order valence-corrected chi connectivity index (χ3v) is 4.19. The standard InChI is InChI=1S/C15H19N3O2/c1-11-4-6-15(7-5-11,14(19)20)10-18-13-3-2-12(8-16)17-9-13/h2-3,9,11,18H,4-7,10H2,1H3,(H,19,20). The molecule has 5 heteroatoms. The fourth-order valence-corrected chi connectivity index (χ4v) is 2.62. The van der Waals surface area contributed by atoms with Crippen LogP contribution < -0.4 is 5.32 Å². The molecule has 0 aromatic carbocycles. The fourth-order valence-electron chi connectivity index (χ4n) is 2.62. The summed E-state index contributed by atoms with van der Waals surface area (Å²) in [5.41, 5.74) is 0.429. The number of hydrogen-bond donors (Lipinski definition) is 2. The van der Waals surface area contributed by atoms with Crippen LogP contribution in [-0.2, 0) is 4.79 Å². The van der Waals surface area contributed by atoms with E-state index in [0.717, 1.165) is 18.5 Å². The zero-order chi connectivity index (χ0) is 14.6. The lowest BCUT2D eigenvalue weighted by Gasteiger charge is -2.36. The Morgan fingerprint density at radius 3 is 2.75 bits per heavy atom. The molecule has 1 fully saturated rings. The molecule has 20 heavy (non-hydrogen) atoms. The Morgan fingerprint density at radius 2 is 2.25 bits per heavy atom. The monoisotopic (exact) mass is 273 g/mol. The molecule has 2 N–H and O–H groups in total. The first-order valence-electron chi connectivity index (χ1n) is 6.89. The maximum absolute atomic E-state index is 11.6. The number of pyridine rings is 1. The van der Waals surface area contributed by atoms with Crippen LogP contribution in [0, 0.1) is 22.7 Å². The van der Waals surface area contributed by atoms with E-state index in [2.05, 4.69) is 17.2 Å². The first-order valence-corrected chi connectivity index (χ1v) is 6.89. The molecule has 106 valence electrons. The summed E-state index contributed by atoms with van der Waals surface area (Å²) in [6.07, 6.45) is 4.90. The van der Waals surface area contributed by atoms with Crippen LogP contribution in [0.4, 0.5) is 5.69 Å². The number of aromatic nitrogens is 1. The van der Waals surface area contributed by atoms with Crippen molar-refractivity contribution in [2.45, 2.75) is 32.6 Å². The molecule has 0 saturated heterocycles. The summed E-state index contributed by atoms with van der Waals surface area (Å²) in [5.74, 6) is -0.113. The second-order valence-corrected chi connectivity index (χ2v) is 5.67. The lowest BCUT2D eigenvalue weighted by atomic mass is 9.71. The number of aliphatic carboxylic acids is 1. The van der Waals surface area contributed by atoms with E-state index >= 15 is 0 Å². The van der Waals surface area contributed by atoms with Crippen LogP contribution >= 0.6 is 0 Å². The normalized spacial score (nSPS) is 25.7. The van der Waals surface area contributed by atoms with Gasteiger partial charge in [-0.1, -0.05) is 6.92 Å². The van der Waals surface area contributed by atoms with Gasteiger partial charge < -0.3 is 10.4 Å².